The number of nitrogen functional groups attached to an aromatic ring is 1. The Morgan fingerprint density at radius 1 is 1.24 bits per heavy atom. The molecule has 0 atom stereocenters. The van der Waals surface area contributed by atoms with Crippen LogP contribution in [0.2, 0.25) is 0 Å². The molecule has 2 N–H and O–H groups in total. The van der Waals surface area contributed by atoms with E-state index in [-0.39, 0.29) is 17.0 Å². The highest BCUT2D eigenvalue weighted by Crippen LogP contribution is 2.26. The minimum absolute atomic E-state index is 0. The van der Waals surface area contributed by atoms with E-state index in [0.29, 0.717) is 18.2 Å². The maximum absolute atomic E-state index is 5.64. The van der Waals surface area contributed by atoms with Crippen molar-refractivity contribution >= 4 is 38.7 Å². The van der Waals surface area contributed by atoms with Gasteiger partial charge in [-0.05, 0) is 21.5 Å². The molecule has 3 nitrogen and oxygen atoms in total. The molecule has 0 aliphatic carbocycles. The third-order valence-corrected chi connectivity index (χ3v) is 2.67. The molecule has 1 aromatic carbocycles. The number of hydrogen-bond acceptors (Lipinski definition) is 3. The molecule has 0 unspecified atom stereocenters. The van der Waals surface area contributed by atoms with Crippen LogP contribution in [-0.2, 0) is 6.61 Å². The molecule has 0 aliphatic rings. The topological polar surface area (TPSA) is 48.1 Å². The zero-order valence-electron chi connectivity index (χ0n) is 8.97. The van der Waals surface area contributed by atoms with E-state index in [0.717, 1.165) is 10.0 Å². The molecule has 0 saturated carbocycles. The van der Waals surface area contributed by atoms with Gasteiger partial charge < -0.3 is 10.5 Å². The molecule has 1 aromatic heterocycles. The molecule has 0 fully saturated rings. The molecule has 0 spiro atoms. The van der Waals surface area contributed by atoms with Crippen molar-refractivity contribution in [3.05, 3.63) is 52.6 Å². The second-order valence-corrected chi connectivity index (χ2v) is 4.17. The number of halogens is 2. The third kappa shape index (κ3) is 4.02. The third-order valence-electron chi connectivity index (χ3n) is 2.08. The van der Waals surface area contributed by atoms with Gasteiger partial charge in [-0.15, -0.1) is 17.0 Å². The smallest absolute Gasteiger partial charge is 0.139 e. The number of pyridine rings is 1. The van der Waals surface area contributed by atoms with Crippen LogP contribution in [0, 0.1) is 0 Å². The number of hydrogen-bond donors (Lipinski definition) is 1. The van der Waals surface area contributed by atoms with E-state index in [9.17, 15) is 0 Å². The average molecular weight is 360 g/mol. The van der Waals surface area contributed by atoms with E-state index >= 15 is 0 Å². The van der Waals surface area contributed by atoms with Crippen LogP contribution < -0.4 is 10.5 Å². The summed E-state index contributed by atoms with van der Waals surface area (Å²) in [5, 5.41) is 0. The fourth-order valence-electron chi connectivity index (χ4n) is 1.28. The SMILES string of the molecule is Br.Nc1cc(OCc2ccccc2)c(Br)cn1. The summed E-state index contributed by atoms with van der Waals surface area (Å²) in [6.07, 6.45) is 1.63. The Kier molecular flexibility index (Phi) is 5.44. The largest absolute Gasteiger partial charge is 0.488 e. The Morgan fingerprint density at radius 2 is 1.94 bits per heavy atom. The molecule has 90 valence electrons. The van der Waals surface area contributed by atoms with Crippen molar-refractivity contribution in [2.24, 2.45) is 0 Å². The van der Waals surface area contributed by atoms with Gasteiger partial charge >= 0.3 is 0 Å². The molecule has 2 aromatic rings. The van der Waals surface area contributed by atoms with Crippen LogP contribution in [0.3, 0.4) is 0 Å². The quantitative estimate of drug-likeness (QED) is 0.911. The lowest BCUT2D eigenvalue weighted by Crippen LogP contribution is -1.98. The highest BCUT2D eigenvalue weighted by Gasteiger charge is 2.02. The van der Waals surface area contributed by atoms with Crippen LogP contribution in [0.1, 0.15) is 5.56 Å². The van der Waals surface area contributed by atoms with Crippen LogP contribution in [0.4, 0.5) is 5.82 Å². The number of aromatic nitrogens is 1. The van der Waals surface area contributed by atoms with Crippen molar-refractivity contribution in [1.29, 1.82) is 0 Å². The van der Waals surface area contributed by atoms with Gasteiger partial charge in [-0.1, -0.05) is 30.3 Å². The first-order valence-corrected chi connectivity index (χ1v) is 5.63. The number of benzene rings is 1. The van der Waals surface area contributed by atoms with Gasteiger partial charge in [0, 0.05) is 12.3 Å². The lowest BCUT2D eigenvalue weighted by molar-refractivity contribution is 0.304. The van der Waals surface area contributed by atoms with Gasteiger partial charge in [0.25, 0.3) is 0 Å². The second-order valence-electron chi connectivity index (χ2n) is 3.31. The van der Waals surface area contributed by atoms with Gasteiger partial charge in [-0.2, -0.15) is 0 Å². The summed E-state index contributed by atoms with van der Waals surface area (Å²) < 4.78 is 6.44. The molecular weight excluding hydrogens is 348 g/mol. The number of anilines is 1. The van der Waals surface area contributed by atoms with E-state index in [4.69, 9.17) is 10.5 Å². The first-order valence-electron chi connectivity index (χ1n) is 4.83. The normalized spacial score (nSPS) is 9.47. The maximum atomic E-state index is 5.64. The van der Waals surface area contributed by atoms with Crippen LogP contribution in [0.5, 0.6) is 5.75 Å². The van der Waals surface area contributed by atoms with Gasteiger partial charge in [-0.3, -0.25) is 0 Å². The van der Waals surface area contributed by atoms with E-state index in [2.05, 4.69) is 20.9 Å². The number of nitrogens with zero attached hydrogens (tertiary/aromatic N) is 1. The Balaban J connectivity index is 0.00000144. The standard InChI is InChI=1S/C12H11BrN2O.BrH/c13-10-7-15-12(14)6-11(10)16-8-9-4-2-1-3-5-9;/h1-7H,8H2,(H2,14,15);1H. The van der Waals surface area contributed by atoms with E-state index in [1.54, 1.807) is 12.3 Å². The van der Waals surface area contributed by atoms with Gasteiger partial charge in [0.05, 0.1) is 4.47 Å². The molecule has 0 bridgehead atoms. The lowest BCUT2D eigenvalue weighted by Gasteiger charge is -2.08. The predicted molar refractivity (Wildman–Crippen MR) is 77.4 cm³/mol. The first kappa shape index (κ1) is 14.0. The van der Waals surface area contributed by atoms with Crippen molar-refractivity contribution in [2.45, 2.75) is 6.61 Å². The molecule has 17 heavy (non-hydrogen) atoms. The first-order chi connectivity index (χ1) is 7.75. The Bertz CT molecular complexity index is 477. The minimum atomic E-state index is 0. The fraction of sp³-hybridized carbons (Fsp3) is 0.0833. The maximum Gasteiger partial charge on any atom is 0.139 e. The lowest BCUT2D eigenvalue weighted by atomic mass is 10.2. The van der Waals surface area contributed by atoms with E-state index < -0.39 is 0 Å². The van der Waals surface area contributed by atoms with Crippen molar-refractivity contribution in [3.8, 4) is 5.75 Å². The fourth-order valence-corrected chi connectivity index (χ4v) is 1.61. The summed E-state index contributed by atoms with van der Waals surface area (Å²) >= 11 is 3.36. The summed E-state index contributed by atoms with van der Waals surface area (Å²) in [6, 6.07) is 11.7. The summed E-state index contributed by atoms with van der Waals surface area (Å²) in [7, 11) is 0. The van der Waals surface area contributed by atoms with Crippen molar-refractivity contribution in [3.63, 3.8) is 0 Å². The molecular formula is C12H12Br2N2O. The van der Waals surface area contributed by atoms with Crippen LogP contribution in [0.25, 0.3) is 0 Å². The molecule has 0 saturated heterocycles. The molecule has 2 rings (SSSR count). The number of ether oxygens (including phenoxy) is 1. The average Bonchev–Trinajstić information content (AvgIpc) is 2.32. The summed E-state index contributed by atoms with van der Waals surface area (Å²) in [4.78, 5) is 3.95. The highest BCUT2D eigenvalue weighted by molar-refractivity contribution is 9.10. The molecule has 1 heterocycles. The second kappa shape index (κ2) is 6.61. The Labute approximate surface area is 119 Å². The van der Waals surface area contributed by atoms with Crippen LogP contribution >= 0.6 is 32.9 Å². The van der Waals surface area contributed by atoms with Gasteiger partial charge in [-0.25, -0.2) is 4.98 Å². The molecule has 0 aliphatic heterocycles. The summed E-state index contributed by atoms with van der Waals surface area (Å²) in [5.41, 5.74) is 6.70. The number of nitrogens with two attached hydrogens (primary N) is 1. The van der Waals surface area contributed by atoms with E-state index in [1.807, 2.05) is 30.3 Å². The molecule has 0 radical (unpaired) electrons. The van der Waals surface area contributed by atoms with E-state index in [1.165, 1.54) is 0 Å². The van der Waals surface area contributed by atoms with Crippen molar-refractivity contribution in [1.82, 2.24) is 4.98 Å². The minimum Gasteiger partial charge on any atom is -0.488 e. The molecule has 0 amide bonds. The highest BCUT2D eigenvalue weighted by atomic mass is 79.9. The van der Waals surface area contributed by atoms with Gasteiger partial charge in [0.2, 0.25) is 0 Å². The monoisotopic (exact) mass is 358 g/mol. The van der Waals surface area contributed by atoms with Gasteiger partial charge in [0.15, 0.2) is 0 Å². The zero-order chi connectivity index (χ0) is 11.4. The predicted octanol–water partition coefficient (Wildman–Crippen LogP) is 3.58. The summed E-state index contributed by atoms with van der Waals surface area (Å²) in [6.45, 7) is 0.517. The zero-order valence-corrected chi connectivity index (χ0v) is 12.3. The van der Waals surface area contributed by atoms with Crippen LogP contribution in [-0.4, -0.2) is 4.98 Å². The molecule has 5 heteroatoms. The Morgan fingerprint density at radius 3 is 2.65 bits per heavy atom. The van der Waals surface area contributed by atoms with Gasteiger partial charge in [0.1, 0.15) is 18.2 Å². The Hall–Kier alpha value is -1.07. The van der Waals surface area contributed by atoms with Crippen molar-refractivity contribution < 1.29 is 4.74 Å². The number of rotatable bonds is 3. The van der Waals surface area contributed by atoms with Crippen molar-refractivity contribution in [2.75, 3.05) is 5.73 Å². The summed E-state index contributed by atoms with van der Waals surface area (Å²) in [5.74, 6) is 1.16. The van der Waals surface area contributed by atoms with Crippen LogP contribution in [0.15, 0.2) is 47.1 Å².